The summed E-state index contributed by atoms with van der Waals surface area (Å²) in [7, 11) is 0. The van der Waals surface area contributed by atoms with Gasteiger partial charge in [-0.1, -0.05) is 11.6 Å². The van der Waals surface area contributed by atoms with Crippen molar-refractivity contribution < 1.29 is 0 Å². The van der Waals surface area contributed by atoms with Crippen LogP contribution in [0.5, 0.6) is 0 Å². The minimum absolute atomic E-state index is 0.652. The van der Waals surface area contributed by atoms with E-state index in [-0.39, 0.29) is 0 Å². The largest absolute Gasteiger partial charge is 0.262 e. The molecule has 4 heteroatoms. The molecule has 0 amide bonds. The number of hydrogen-bond acceptors (Lipinski definition) is 2. The molecule has 0 aliphatic rings. The molecule has 0 saturated carbocycles. The molecular weight excluding hydrogens is 215 g/mol. The topological polar surface area (TPSA) is 36.7 Å². The maximum atomic E-state index is 6.50. The number of halogens is 2. The van der Waals surface area contributed by atoms with Gasteiger partial charge in [-0.25, -0.2) is 5.26 Å². The molecule has 0 unspecified atom stereocenters. The third-order valence-corrected chi connectivity index (χ3v) is 1.31. The van der Waals surface area contributed by atoms with Gasteiger partial charge in [-0.15, -0.1) is 0 Å². The van der Waals surface area contributed by atoms with Gasteiger partial charge in [-0.2, -0.15) is 0 Å². The van der Waals surface area contributed by atoms with E-state index in [1.54, 1.807) is 18.5 Å². The molecule has 1 rings (SSSR count). The first-order valence-electron chi connectivity index (χ1n) is 2.31. The van der Waals surface area contributed by atoms with E-state index in [0.717, 1.165) is 4.47 Å². The Morgan fingerprint density at radius 2 is 2.10 bits per heavy atom. The molecule has 0 atom stereocenters. The second-order valence-corrected chi connectivity index (χ2v) is 2.67. The molecule has 1 aromatic heterocycles. The third kappa shape index (κ3) is 3.44. The summed E-state index contributed by atoms with van der Waals surface area (Å²) in [6, 6.07) is 1.79. The summed E-state index contributed by atoms with van der Waals surface area (Å²) < 4.78 is 0.907. The summed E-state index contributed by atoms with van der Waals surface area (Å²) in [5.74, 6) is 0. The summed E-state index contributed by atoms with van der Waals surface area (Å²) in [6.07, 6.45) is 3.28. The second kappa shape index (κ2) is 5.21. The van der Waals surface area contributed by atoms with E-state index >= 15 is 0 Å². The first-order chi connectivity index (χ1) is 4.79. The van der Waals surface area contributed by atoms with Crippen LogP contribution in [0.4, 0.5) is 0 Å². The van der Waals surface area contributed by atoms with Crippen molar-refractivity contribution in [2.45, 2.75) is 0 Å². The number of rotatable bonds is 0. The van der Waals surface area contributed by atoms with Crippen molar-refractivity contribution in [1.82, 2.24) is 4.98 Å². The van der Waals surface area contributed by atoms with E-state index in [1.807, 2.05) is 0 Å². The fourth-order valence-electron chi connectivity index (χ4n) is 0.386. The van der Waals surface area contributed by atoms with E-state index in [4.69, 9.17) is 16.9 Å². The normalized spacial score (nSPS) is 7.60. The molecule has 0 spiro atoms. The zero-order valence-corrected chi connectivity index (χ0v) is 7.30. The van der Waals surface area contributed by atoms with Crippen LogP contribution in [-0.4, -0.2) is 4.98 Å². The molecule has 0 saturated heterocycles. The van der Waals surface area contributed by atoms with Gasteiger partial charge in [-0.3, -0.25) is 4.98 Å². The number of nitriles is 1. The maximum absolute atomic E-state index is 6.50. The molecule has 0 aliphatic carbocycles. The lowest BCUT2D eigenvalue weighted by Gasteiger charge is -1.86. The van der Waals surface area contributed by atoms with Crippen molar-refractivity contribution in [3.63, 3.8) is 0 Å². The van der Waals surface area contributed by atoms with Crippen LogP contribution in [-0.2, 0) is 0 Å². The quantitative estimate of drug-likeness (QED) is 0.672. The van der Waals surface area contributed by atoms with Crippen molar-refractivity contribution in [1.29, 1.82) is 5.26 Å². The molecule has 10 heavy (non-hydrogen) atoms. The molecule has 2 nitrogen and oxygen atoms in total. The molecular formula is C6H4BrClN2. The van der Waals surface area contributed by atoms with Crippen LogP contribution in [0.2, 0.25) is 5.02 Å². The zero-order chi connectivity index (χ0) is 7.98. The SMILES string of the molecule is C#N.Clc1cncc(Br)c1. The molecule has 0 fully saturated rings. The lowest BCUT2D eigenvalue weighted by atomic mass is 10.5. The lowest BCUT2D eigenvalue weighted by molar-refractivity contribution is 1.31. The highest BCUT2D eigenvalue weighted by molar-refractivity contribution is 9.10. The average molecular weight is 219 g/mol. The minimum atomic E-state index is 0.652. The van der Waals surface area contributed by atoms with Gasteiger partial charge >= 0.3 is 0 Å². The monoisotopic (exact) mass is 218 g/mol. The zero-order valence-electron chi connectivity index (χ0n) is 4.96. The van der Waals surface area contributed by atoms with Gasteiger partial charge in [0.15, 0.2) is 0 Å². The van der Waals surface area contributed by atoms with E-state index in [2.05, 4.69) is 27.5 Å². The van der Waals surface area contributed by atoms with Gasteiger partial charge in [0.05, 0.1) is 5.02 Å². The Hall–Kier alpha value is -0.590. The van der Waals surface area contributed by atoms with Crippen LogP contribution in [0.15, 0.2) is 22.9 Å². The van der Waals surface area contributed by atoms with Crippen LogP contribution < -0.4 is 0 Å². The van der Waals surface area contributed by atoms with E-state index in [9.17, 15) is 0 Å². The maximum Gasteiger partial charge on any atom is 0.0600 e. The smallest absolute Gasteiger partial charge is 0.0600 e. The van der Waals surface area contributed by atoms with Gasteiger partial charge in [0.2, 0.25) is 0 Å². The van der Waals surface area contributed by atoms with Gasteiger partial charge in [0, 0.05) is 23.4 Å². The molecule has 1 heterocycles. The minimum Gasteiger partial charge on any atom is -0.262 e. The Bertz CT molecular complexity index is 207. The molecule has 0 N–H and O–H groups in total. The standard InChI is InChI=1S/C5H3BrClN.CHN/c6-4-1-5(7)3-8-2-4;1-2/h1-3H;1H. The van der Waals surface area contributed by atoms with Gasteiger partial charge < -0.3 is 0 Å². The highest BCUT2D eigenvalue weighted by atomic mass is 79.9. The third-order valence-electron chi connectivity index (χ3n) is 0.672. The Labute approximate surface area is 72.6 Å². The van der Waals surface area contributed by atoms with Crippen molar-refractivity contribution in [2.75, 3.05) is 0 Å². The molecule has 0 bridgehead atoms. The van der Waals surface area contributed by atoms with E-state index in [0.29, 0.717) is 5.02 Å². The lowest BCUT2D eigenvalue weighted by Crippen LogP contribution is -1.68. The summed E-state index contributed by atoms with van der Waals surface area (Å²) in [5.41, 5.74) is 0. The van der Waals surface area contributed by atoms with Crippen LogP contribution in [0, 0.1) is 11.8 Å². The van der Waals surface area contributed by atoms with Gasteiger partial charge in [0.1, 0.15) is 0 Å². The summed E-state index contributed by atoms with van der Waals surface area (Å²) in [4.78, 5) is 3.80. The Kier molecular flexibility index (Phi) is 4.91. The second-order valence-electron chi connectivity index (χ2n) is 1.32. The van der Waals surface area contributed by atoms with Gasteiger partial charge in [-0.05, 0) is 22.0 Å². The van der Waals surface area contributed by atoms with Crippen molar-refractivity contribution in [3.8, 4) is 6.57 Å². The molecule has 0 aliphatic heterocycles. The highest BCUT2D eigenvalue weighted by Gasteiger charge is 1.85. The highest BCUT2D eigenvalue weighted by Crippen LogP contribution is 2.12. The Morgan fingerprint density at radius 3 is 2.40 bits per heavy atom. The summed E-state index contributed by atoms with van der Waals surface area (Å²) in [6.45, 7) is 3.50. The van der Waals surface area contributed by atoms with E-state index < -0.39 is 0 Å². The predicted octanol–water partition coefficient (Wildman–Crippen LogP) is 2.64. The van der Waals surface area contributed by atoms with E-state index in [1.165, 1.54) is 0 Å². The van der Waals surface area contributed by atoms with Gasteiger partial charge in [0.25, 0.3) is 0 Å². The Morgan fingerprint density at radius 1 is 1.50 bits per heavy atom. The van der Waals surface area contributed by atoms with Crippen molar-refractivity contribution >= 4 is 27.5 Å². The predicted molar refractivity (Wildman–Crippen MR) is 43.6 cm³/mol. The fraction of sp³-hybridized carbons (Fsp3) is 0. The molecule has 52 valence electrons. The molecule has 0 aromatic carbocycles. The fourth-order valence-corrected chi connectivity index (χ4v) is 1.06. The Balaban J connectivity index is 0.000000371. The van der Waals surface area contributed by atoms with Crippen LogP contribution in [0.25, 0.3) is 0 Å². The molecule has 1 aromatic rings. The number of pyridine rings is 1. The van der Waals surface area contributed by atoms with Crippen LogP contribution >= 0.6 is 27.5 Å². The first kappa shape index (κ1) is 9.41. The average Bonchev–Trinajstić information content (AvgIpc) is 1.91. The van der Waals surface area contributed by atoms with Crippen LogP contribution in [0.3, 0.4) is 0 Å². The number of nitrogens with zero attached hydrogens (tertiary/aromatic N) is 2. The van der Waals surface area contributed by atoms with Crippen LogP contribution in [0.1, 0.15) is 0 Å². The van der Waals surface area contributed by atoms with Crippen molar-refractivity contribution in [2.24, 2.45) is 0 Å². The summed E-state index contributed by atoms with van der Waals surface area (Å²) >= 11 is 8.77. The summed E-state index contributed by atoms with van der Waals surface area (Å²) in [5, 5.41) is 7.15. The molecule has 0 radical (unpaired) electrons. The number of aromatic nitrogens is 1. The number of hydrogen-bond donors (Lipinski definition) is 0. The first-order valence-corrected chi connectivity index (χ1v) is 3.48. The van der Waals surface area contributed by atoms with Crippen molar-refractivity contribution in [3.05, 3.63) is 28.0 Å².